The quantitative estimate of drug-likeness (QED) is 0.913. The Morgan fingerprint density at radius 3 is 2.95 bits per heavy atom. The molecule has 20 heavy (non-hydrogen) atoms. The minimum Gasteiger partial charge on any atom is -0.337 e. The normalized spacial score (nSPS) is 20.2. The Balaban J connectivity index is 1.79. The standard InChI is InChI=1S/C15H21N5/c1-12-3-4-13(18-9-12)11-20-8-5-16-10-14(20)15-17-6-7-19(15)2/h3-4,6-7,9,14,16H,5,8,10-11H2,1-2H3. The first-order valence-electron chi connectivity index (χ1n) is 7.07. The molecule has 0 saturated carbocycles. The van der Waals surface area contributed by atoms with Crippen molar-refractivity contribution in [1.82, 2.24) is 24.8 Å². The molecule has 1 saturated heterocycles. The van der Waals surface area contributed by atoms with Gasteiger partial charge in [-0.15, -0.1) is 0 Å². The van der Waals surface area contributed by atoms with Crippen molar-refractivity contribution in [2.45, 2.75) is 19.5 Å². The van der Waals surface area contributed by atoms with Crippen LogP contribution in [0, 0.1) is 6.92 Å². The molecule has 2 aromatic heterocycles. The van der Waals surface area contributed by atoms with Crippen molar-refractivity contribution < 1.29 is 0 Å². The number of nitrogens with zero attached hydrogens (tertiary/aromatic N) is 4. The van der Waals surface area contributed by atoms with Crippen LogP contribution in [0.5, 0.6) is 0 Å². The van der Waals surface area contributed by atoms with Crippen molar-refractivity contribution in [1.29, 1.82) is 0 Å². The number of aryl methyl sites for hydroxylation is 2. The number of nitrogens with one attached hydrogen (secondary N) is 1. The maximum Gasteiger partial charge on any atom is 0.127 e. The number of hydrogen-bond donors (Lipinski definition) is 1. The van der Waals surface area contributed by atoms with Gasteiger partial charge in [0, 0.05) is 51.8 Å². The molecule has 5 nitrogen and oxygen atoms in total. The van der Waals surface area contributed by atoms with E-state index in [4.69, 9.17) is 0 Å². The van der Waals surface area contributed by atoms with Gasteiger partial charge in [-0.2, -0.15) is 0 Å². The Morgan fingerprint density at radius 2 is 2.25 bits per heavy atom. The summed E-state index contributed by atoms with van der Waals surface area (Å²) in [5, 5.41) is 3.46. The maximum atomic E-state index is 4.52. The molecule has 1 unspecified atom stereocenters. The molecule has 3 rings (SSSR count). The van der Waals surface area contributed by atoms with Gasteiger partial charge in [0.15, 0.2) is 0 Å². The first-order chi connectivity index (χ1) is 9.74. The van der Waals surface area contributed by atoms with Gasteiger partial charge < -0.3 is 9.88 Å². The van der Waals surface area contributed by atoms with Crippen molar-refractivity contribution in [3.8, 4) is 0 Å². The number of imidazole rings is 1. The van der Waals surface area contributed by atoms with Gasteiger partial charge in [0.2, 0.25) is 0 Å². The summed E-state index contributed by atoms with van der Waals surface area (Å²) in [4.78, 5) is 11.5. The second-order valence-corrected chi connectivity index (χ2v) is 5.41. The van der Waals surface area contributed by atoms with Gasteiger partial charge in [-0.05, 0) is 18.6 Å². The maximum absolute atomic E-state index is 4.52. The Kier molecular flexibility index (Phi) is 3.80. The van der Waals surface area contributed by atoms with Gasteiger partial charge >= 0.3 is 0 Å². The van der Waals surface area contributed by atoms with E-state index in [0.29, 0.717) is 6.04 Å². The van der Waals surface area contributed by atoms with Gasteiger partial charge in [0.05, 0.1) is 11.7 Å². The average Bonchev–Trinajstić information content (AvgIpc) is 2.88. The molecule has 1 aliphatic heterocycles. The molecule has 3 heterocycles. The minimum absolute atomic E-state index is 0.312. The largest absolute Gasteiger partial charge is 0.337 e. The predicted octanol–water partition coefficient (Wildman–Crippen LogP) is 1.27. The van der Waals surface area contributed by atoms with E-state index in [1.165, 1.54) is 5.56 Å². The molecule has 1 N–H and O–H groups in total. The van der Waals surface area contributed by atoms with E-state index in [1.54, 1.807) is 0 Å². The third-order valence-electron chi connectivity index (χ3n) is 3.85. The highest BCUT2D eigenvalue weighted by molar-refractivity contribution is 5.13. The van der Waals surface area contributed by atoms with Crippen molar-refractivity contribution in [2.24, 2.45) is 7.05 Å². The van der Waals surface area contributed by atoms with E-state index in [2.05, 4.69) is 50.9 Å². The van der Waals surface area contributed by atoms with E-state index in [9.17, 15) is 0 Å². The van der Waals surface area contributed by atoms with Gasteiger partial charge in [-0.1, -0.05) is 6.07 Å². The summed E-state index contributed by atoms with van der Waals surface area (Å²) in [6, 6.07) is 4.56. The zero-order valence-corrected chi connectivity index (χ0v) is 12.1. The fraction of sp³-hybridized carbons (Fsp3) is 0.467. The lowest BCUT2D eigenvalue weighted by atomic mass is 10.1. The summed E-state index contributed by atoms with van der Waals surface area (Å²) in [7, 11) is 2.05. The summed E-state index contributed by atoms with van der Waals surface area (Å²) < 4.78 is 2.10. The highest BCUT2D eigenvalue weighted by atomic mass is 15.3. The average molecular weight is 271 g/mol. The molecular formula is C15H21N5. The molecule has 2 aromatic rings. The fourth-order valence-electron chi connectivity index (χ4n) is 2.69. The van der Waals surface area contributed by atoms with Gasteiger partial charge in [-0.25, -0.2) is 4.98 Å². The van der Waals surface area contributed by atoms with Crippen LogP contribution in [-0.2, 0) is 13.6 Å². The first-order valence-corrected chi connectivity index (χ1v) is 7.07. The summed E-state index contributed by atoms with van der Waals surface area (Å²) >= 11 is 0. The predicted molar refractivity (Wildman–Crippen MR) is 78.2 cm³/mol. The van der Waals surface area contributed by atoms with Crippen molar-refractivity contribution in [3.05, 3.63) is 47.8 Å². The third kappa shape index (κ3) is 2.73. The highest BCUT2D eigenvalue weighted by Gasteiger charge is 2.26. The van der Waals surface area contributed by atoms with Gasteiger partial charge in [0.25, 0.3) is 0 Å². The second-order valence-electron chi connectivity index (χ2n) is 5.41. The molecule has 0 aliphatic carbocycles. The van der Waals surface area contributed by atoms with Crippen LogP contribution in [0.25, 0.3) is 0 Å². The van der Waals surface area contributed by atoms with Crippen LogP contribution in [0.1, 0.15) is 23.1 Å². The minimum atomic E-state index is 0.312. The van der Waals surface area contributed by atoms with Crippen molar-refractivity contribution >= 4 is 0 Å². The van der Waals surface area contributed by atoms with Crippen molar-refractivity contribution in [2.75, 3.05) is 19.6 Å². The van der Waals surface area contributed by atoms with E-state index < -0.39 is 0 Å². The van der Waals surface area contributed by atoms with Gasteiger partial charge in [0.1, 0.15) is 5.82 Å². The third-order valence-corrected chi connectivity index (χ3v) is 3.85. The molecule has 0 radical (unpaired) electrons. The highest BCUT2D eigenvalue weighted by Crippen LogP contribution is 2.22. The van der Waals surface area contributed by atoms with E-state index in [0.717, 1.165) is 37.7 Å². The lowest BCUT2D eigenvalue weighted by Crippen LogP contribution is -2.46. The summed E-state index contributed by atoms with van der Waals surface area (Å²) in [5.74, 6) is 1.12. The van der Waals surface area contributed by atoms with Crippen LogP contribution < -0.4 is 5.32 Å². The Labute approximate surface area is 119 Å². The number of aromatic nitrogens is 3. The first kappa shape index (κ1) is 13.3. The number of piperazine rings is 1. The topological polar surface area (TPSA) is 46.0 Å². The van der Waals surface area contributed by atoms with Crippen LogP contribution in [0.15, 0.2) is 30.7 Å². The lowest BCUT2D eigenvalue weighted by Gasteiger charge is -2.35. The van der Waals surface area contributed by atoms with E-state index in [-0.39, 0.29) is 0 Å². The summed E-state index contributed by atoms with van der Waals surface area (Å²) in [5.41, 5.74) is 2.33. The zero-order valence-electron chi connectivity index (χ0n) is 12.1. The molecule has 5 heteroatoms. The SMILES string of the molecule is Cc1ccc(CN2CCNCC2c2nccn2C)nc1. The molecule has 1 aliphatic rings. The second kappa shape index (κ2) is 5.73. The molecule has 106 valence electrons. The Bertz CT molecular complexity index is 560. The number of hydrogen-bond acceptors (Lipinski definition) is 4. The molecule has 0 amide bonds. The molecule has 0 aromatic carbocycles. The lowest BCUT2D eigenvalue weighted by molar-refractivity contribution is 0.143. The van der Waals surface area contributed by atoms with E-state index in [1.807, 2.05) is 18.6 Å². The summed E-state index contributed by atoms with van der Waals surface area (Å²) in [6.07, 6.45) is 5.81. The van der Waals surface area contributed by atoms with Crippen molar-refractivity contribution in [3.63, 3.8) is 0 Å². The van der Waals surface area contributed by atoms with Crippen LogP contribution in [-0.4, -0.2) is 39.1 Å². The smallest absolute Gasteiger partial charge is 0.127 e. The van der Waals surface area contributed by atoms with Crippen LogP contribution in [0.2, 0.25) is 0 Å². The van der Waals surface area contributed by atoms with E-state index >= 15 is 0 Å². The molecule has 0 bridgehead atoms. The number of pyridine rings is 1. The number of rotatable bonds is 3. The van der Waals surface area contributed by atoms with Crippen LogP contribution in [0.4, 0.5) is 0 Å². The monoisotopic (exact) mass is 271 g/mol. The zero-order chi connectivity index (χ0) is 13.9. The molecule has 1 fully saturated rings. The molecule has 0 spiro atoms. The summed E-state index contributed by atoms with van der Waals surface area (Å²) in [6.45, 7) is 5.92. The van der Waals surface area contributed by atoms with Crippen LogP contribution in [0.3, 0.4) is 0 Å². The molecule has 1 atom stereocenters. The van der Waals surface area contributed by atoms with Crippen LogP contribution >= 0.6 is 0 Å². The van der Waals surface area contributed by atoms with Gasteiger partial charge in [-0.3, -0.25) is 9.88 Å². The Hall–Kier alpha value is -1.72. The molecular weight excluding hydrogens is 250 g/mol. The Morgan fingerprint density at radius 1 is 1.35 bits per heavy atom. The fourth-order valence-corrected chi connectivity index (χ4v) is 2.69.